The van der Waals surface area contributed by atoms with Crippen molar-refractivity contribution in [2.24, 2.45) is 5.41 Å². The third-order valence-electron chi connectivity index (χ3n) is 6.49. The summed E-state index contributed by atoms with van der Waals surface area (Å²) >= 11 is 0. The standard InChI is InChI=1S/C27H32F3N5O2/c1-16(32-25-31-14-18-6-8-22(36)35(23(18)34-25)15-26(2,3)4)17-5-7-20(21(28)13-17)24(37)33-19-9-11-27(29,30)12-10-19/h5-8,13-14,16,19H,9-12,15H2,1-4H3,(H,33,37)(H,31,32,34)/t16-/m0/s1. The summed E-state index contributed by atoms with van der Waals surface area (Å²) in [5, 5.41) is 6.53. The van der Waals surface area contributed by atoms with Gasteiger partial charge >= 0.3 is 0 Å². The lowest BCUT2D eigenvalue weighted by atomic mass is 9.92. The van der Waals surface area contributed by atoms with Gasteiger partial charge in [0, 0.05) is 43.1 Å². The predicted octanol–water partition coefficient (Wildman–Crippen LogP) is 5.46. The summed E-state index contributed by atoms with van der Waals surface area (Å²) in [5.74, 6) is -3.74. The van der Waals surface area contributed by atoms with Gasteiger partial charge in [0.1, 0.15) is 11.5 Å². The van der Waals surface area contributed by atoms with Gasteiger partial charge < -0.3 is 10.6 Å². The largest absolute Gasteiger partial charge is 0.349 e. The van der Waals surface area contributed by atoms with Gasteiger partial charge in [0.05, 0.1) is 11.6 Å². The predicted molar refractivity (Wildman–Crippen MR) is 136 cm³/mol. The van der Waals surface area contributed by atoms with Gasteiger partial charge in [-0.25, -0.2) is 18.2 Å². The van der Waals surface area contributed by atoms with Crippen LogP contribution in [0.25, 0.3) is 11.0 Å². The Kier molecular flexibility index (Phi) is 7.30. The molecule has 10 heteroatoms. The fraction of sp³-hybridized carbons (Fsp3) is 0.481. The molecule has 0 bridgehead atoms. The lowest BCUT2D eigenvalue weighted by molar-refractivity contribution is -0.0399. The molecule has 4 rings (SSSR count). The number of pyridine rings is 1. The number of hydrogen-bond acceptors (Lipinski definition) is 5. The van der Waals surface area contributed by atoms with Crippen LogP contribution in [0.3, 0.4) is 0 Å². The number of fused-ring (bicyclic) bond motifs is 1. The van der Waals surface area contributed by atoms with E-state index in [1.807, 2.05) is 20.8 Å². The number of halogens is 3. The first-order chi connectivity index (χ1) is 17.3. The van der Waals surface area contributed by atoms with Gasteiger partial charge in [0.25, 0.3) is 11.5 Å². The SMILES string of the molecule is C[C@H](Nc1ncc2ccc(=O)n(CC(C)(C)C)c2n1)c1ccc(C(=O)NC2CCC(F)(F)CC2)c(F)c1. The zero-order valence-electron chi connectivity index (χ0n) is 21.4. The topological polar surface area (TPSA) is 88.9 Å². The Morgan fingerprint density at radius 2 is 1.89 bits per heavy atom. The van der Waals surface area contributed by atoms with Crippen LogP contribution in [-0.2, 0) is 6.54 Å². The molecular weight excluding hydrogens is 483 g/mol. The second-order valence-electron chi connectivity index (χ2n) is 11.0. The molecule has 0 spiro atoms. The smallest absolute Gasteiger partial charge is 0.254 e. The molecule has 1 amide bonds. The number of rotatable bonds is 6. The zero-order valence-corrected chi connectivity index (χ0v) is 21.4. The molecule has 0 unspecified atom stereocenters. The van der Waals surface area contributed by atoms with Crippen molar-refractivity contribution in [3.8, 4) is 0 Å². The van der Waals surface area contributed by atoms with Crippen molar-refractivity contribution in [3.05, 3.63) is 63.8 Å². The molecule has 0 aliphatic heterocycles. The van der Waals surface area contributed by atoms with Crippen molar-refractivity contribution < 1.29 is 18.0 Å². The van der Waals surface area contributed by atoms with Crippen molar-refractivity contribution in [1.29, 1.82) is 0 Å². The minimum absolute atomic E-state index is 0.138. The van der Waals surface area contributed by atoms with Gasteiger partial charge in [-0.1, -0.05) is 26.8 Å². The first-order valence-electron chi connectivity index (χ1n) is 12.4. The van der Waals surface area contributed by atoms with E-state index in [2.05, 4.69) is 20.6 Å². The van der Waals surface area contributed by atoms with Crippen LogP contribution in [0.15, 0.2) is 41.3 Å². The molecule has 1 atom stereocenters. The highest BCUT2D eigenvalue weighted by Crippen LogP contribution is 2.33. The number of amides is 1. The Bertz CT molecular complexity index is 1360. The Labute approximate surface area is 213 Å². The highest BCUT2D eigenvalue weighted by Gasteiger charge is 2.35. The van der Waals surface area contributed by atoms with Gasteiger partial charge in [-0.3, -0.25) is 14.2 Å². The van der Waals surface area contributed by atoms with Crippen molar-refractivity contribution in [3.63, 3.8) is 0 Å². The molecule has 0 radical (unpaired) electrons. The van der Waals surface area contributed by atoms with E-state index in [0.29, 0.717) is 17.8 Å². The molecule has 3 aromatic rings. The molecular formula is C27H32F3N5O2. The minimum atomic E-state index is -2.70. The van der Waals surface area contributed by atoms with Gasteiger partial charge in [0.15, 0.2) is 0 Å². The van der Waals surface area contributed by atoms with Crippen LogP contribution < -0.4 is 16.2 Å². The van der Waals surface area contributed by atoms with E-state index >= 15 is 0 Å². The van der Waals surface area contributed by atoms with E-state index in [4.69, 9.17) is 0 Å². The van der Waals surface area contributed by atoms with Crippen LogP contribution in [0.1, 0.15) is 75.3 Å². The molecule has 2 N–H and O–H groups in total. The van der Waals surface area contributed by atoms with E-state index in [9.17, 15) is 22.8 Å². The van der Waals surface area contributed by atoms with Crippen LogP contribution in [0.5, 0.6) is 0 Å². The van der Waals surface area contributed by atoms with Crippen LogP contribution in [0.2, 0.25) is 0 Å². The first kappa shape index (κ1) is 26.6. The molecule has 37 heavy (non-hydrogen) atoms. The van der Waals surface area contributed by atoms with Gasteiger partial charge in [-0.15, -0.1) is 0 Å². The summed E-state index contributed by atoms with van der Waals surface area (Å²) in [6, 6.07) is 6.65. The van der Waals surface area contributed by atoms with Crippen LogP contribution in [-0.4, -0.2) is 32.4 Å². The number of nitrogens with zero attached hydrogens (tertiary/aromatic N) is 3. The summed E-state index contributed by atoms with van der Waals surface area (Å²) in [6.07, 6.45) is 1.38. The third kappa shape index (κ3) is 6.47. The van der Waals surface area contributed by atoms with Crippen LogP contribution in [0, 0.1) is 11.2 Å². The second-order valence-corrected chi connectivity index (χ2v) is 11.0. The lowest BCUT2D eigenvalue weighted by Gasteiger charge is -2.28. The fourth-order valence-electron chi connectivity index (χ4n) is 4.48. The summed E-state index contributed by atoms with van der Waals surface area (Å²) < 4.78 is 43.2. The van der Waals surface area contributed by atoms with Crippen molar-refractivity contribution in [2.45, 2.75) is 77.9 Å². The number of hydrogen-bond donors (Lipinski definition) is 2. The number of nitrogens with one attached hydrogen (secondary N) is 2. The average Bonchev–Trinajstić information content (AvgIpc) is 2.81. The van der Waals surface area contributed by atoms with Crippen molar-refractivity contribution >= 4 is 22.9 Å². The van der Waals surface area contributed by atoms with Crippen LogP contribution >= 0.6 is 0 Å². The molecule has 1 saturated carbocycles. The third-order valence-corrected chi connectivity index (χ3v) is 6.49. The number of carbonyl (C=O) groups is 1. The van der Waals surface area contributed by atoms with E-state index in [1.54, 1.807) is 29.8 Å². The summed E-state index contributed by atoms with van der Waals surface area (Å²) in [6.45, 7) is 8.39. The highest BCUT2D eigenvalue weighted by molar-refractivity contribution is 5.94. The van der Waals surface area contributed by atoms with Crippen LogP contribution in [0.4, 0.5) is 19.1 Å². The van der Waals surface area contributed by atoms with Gasteiger partial charge in [-0.2, -0.15) is 4.98 Å². The Balaban J connectivity index is 1.48. The maximum atomic E-state index is 14.9. The number of anilines is 1. The quantitative estimate of drug-likeness (QED) is 0.455. The minimum Gasteiger partial charge on any atom is -0.349 e. The Hall–Kier alpha value is -3.43. The maximum absolute atomic E-state index is 14.9. The van der Waals surface area contributed by atoms with E-state index in [-0.39, 0.29) is 48.2 Å². The maximum Gasteiger partial charge on any atom is 0.254 e. The number of carbonyl (C=O) groups excluding carboxylic acids is 1. The molecule has 1 fully saturated rings. The molecule has 2 heterocycles. The van der Waals surface area contributed by atoms with Crippen molar-refractivity contribution in [1.82, 2.24) is 19.9 Å². The first-order valence-corrected chi connectivity index (χ1v) is 12.4. The number of alkyl halides is 2. The molecule has 1 aliphatic rings. The average molecular weight is 516 g/mol. The Morgan fingerprint density at radius 3 is 2.54 bits per heavy atom. The second kappa shape index (κ2) is 10.1. The number of aromatic nitrogens is 3. The summed E-state index contributed by atoms with van der Waals surface area (Å²) in [7, 11) is 0. The zero-order chi connectivity index (χ0) is 27.0. The molecule has 0 saturated heterocycles. The summed E-state index contributed by atoms with van der Waals surface area (Å²) in [4.78, 5) is 34.0. The Morgan fingerprint density at radius 1 is 1.19 bits per heavy atom. The molecule has 198 valence electrons. The monoisotopic (exact) mass is 515 g/mol. The van der Waals surface area contributed by atoms with Gasteiger partial charge in [-0.05, 0) is 48.9 Å². The molecule has 1 aliphatic carbocycles. The van der Waals surface area contributed by atoms with E-state index in [0.717, 1.165) is 5.39 Å². The lowest BCUT2D eigenvalue weighted by Crippen LogP contribution is -2.40. The van der Waals surface area contributed by atoms with E-state index in [1.165, 1.54) is 18.2 Å². The summed E-state index contributed by atoms with van der Waals surface area (Å²) in [5.41, 5.74) is 0.637. The van der Waals surface area contributed by atoms with Crippen molar-refractivity contribution in [2.75, 3.05) is 5.32 Å². The molecule has 7 nitrogen and oxygen atoms in total. The number of benzene rings is 1. The normalized spacial score (nSPS) is 16.9. The fourth-order valence-corrected chi connectivity index (χ4v) is 4.48. The molecule has 1 aromatic carbocycles. The van der Waals surface area contributed by atoms with Gasteiger partial charge in [0.2, 0.25) is 11.9 Å². The highest BCUT2D eigenvalue weighted by atomic mass is 19.3. The molecule has 2 aromatic heterocycles. The van der Waals surface area contributed by atoms with E-state index < -0.39 is 29.7 Å².